The van der Waals surface area contributed by atoms with E-state index in [1.54, 1.807) is 12.2 Å². The average Bonchev–Trinajstić information content (AvgIpc) is 2.46. The molecule has 100 valence electrons. The minimum Gasteiger partial charge on any atom is -0.480 e. The van der Waals surface area contributed by atoms with E-state index in [4.69, 9.17) is 9.84 Å². The first-order valence-corrected chi connectivity index (χ1v) is 6.03. The molecule has 1 aliphatic heterocycles. The van der Waals surface area contributed by atoms with Crippen LogP contribution in [0.15, 0.2) is 42.5 Å². The largest absolute Gasteiger partial charge is 0.480 e. The minimum atomic E-state index is -1.01. The molecule has 19 heavy (non-hydrogen) atoms. The number of carboxylic acids is 1. The van der Waals surface area contributed by atoms with Crippen molar-refractivity contribution < 1.29 is 19.4 Å². The van der Waals surface area contributed by atoms with Crippen molar-refractivity contribution in [2.75, 3.05) is 6.54 Å². The van der Waals surface area contributed by atoms with Gasteiger partial charge in [0.05, 0.1) is 0 Å². The van der Waals surface area contributed by atoms with Gasteiger partial charge in [-0.3, -0.25) is 4.90 Å². The van der Waals surface area contributed by atoms with Gasteiger partial charge in [0.1, 0.15) is 12.6 Å². The van der Waals surface area contributed by atoms with Gasteiger partial charge in [-0.2, -0.15) is 0 Å². The molecule has 1 N–H and O–H groups in total. The number of benzene rings is 1. The summed E-state index contributed by atoms with van der Waals surface area (Å²) in [5.74, 6) is -1.01. The fraction of sp³-hybridized carbons (Fsp3) is 0.286. The smallest absolute Gasteiger partial charge is 0.411 e. The number of nitrogens with zero attached hydrogens (tertiary/aromatic N) is 1. The molecule has 1 unspecified atom stereocenters. The van der Waals surface area contributed by atoms with Crippen LogP contribution in [0.25, 0.3) is 0 Å². The molecular formula is C14H15NO4. The zero-order valence-electron chi connectivity index (χ0n) is 10.4. The average molecular weight is 261 g/mol. The van der Waals surface area contributed by atoms with E-state index >= 15 is 0 Å². The highest BCUT2D eigenvalue weighted by atomic mass is 16.6. The molecule has 0 fully saturated rings. The lowest BCUT2D eigenvalue weighted by Gasteiger charge is -2.29. The van der Waals surface area contributed by atoms with Crippen LogP contribution in [0.2, 0.25) is 0 Å². The van der Waals surface area contributed by atoms with Crippen LogP contribution in [0.5, 0.6) is 0 Å². The number of rotatable bonds is 3. The third-order valence-corrected chi connectivity index (χ3v) is 2.93. The Bertz CT molecular complexity index is 483. The molecule has 1 heterocycles. The summed E-state index contributed by atoms with van der Waals surface area (Å²) < 4.78 is 5.14. The maximum Gasteiger partial charge on any atom is 0.411 e. The van der Waals surface area contributed by atoms with Gasteiger partial charge in [0.25, 0.3) is 0 Å². The van der Waals surface area contributed by atoms with E-state index in [2.05, 4.69) is 0 Å². The van der Waals surface area contributed by atoms with E-state index in [1.165, 1.54) is 4.90 Å². The van der Waals surface area contributed by atoms with Crippen molar-refractivity contribution in [1.82, 2.24) is 4.90 Å². The van der Waals surface area contributed by atoms with Crippen molar-refractivity contribution in [3.05, 3.63) is 48.0 Å². The quantitative estimate of drug-likeness (QED) is 0.845. The second kappa shape index (κ2) is 6.04. The molecule has 0 saturated carbocycles. The lowest BCUT2D eigenvalue weighted by molar-refractivity contribution is -0.142. The van der Waals surface area contributed by atoms with Crippen LogP contribution in [0.1, 0.15) is 12.0 Å². The first-order valence-electron chi connectivity index (χ1n) is 6.03. The van der Waals surface area contributed by atoms with Crippen LogP contribution < -0.4 is 0 Å². The summed E-state index contributed by atoms with van der Waals surface area (Å²) in [5, 5.41) is 9.06. The standard InChI is InChI=1S/C14H15NO4/c16-13(17)12-8-4-5-9-15(12)14(18)19-10-11-6-2-1-3-7-11/h1-7,12H,8-10H2,(H,16,17). The molecule has 0 aromatic heterocycles. The molecule has 1 amide bonds. The van der Waals surface area contributed by atoms with E-state index < -0.39 is 18.1 Å². The summed E-state index contributed by atoms with van der Waals surface area (Å²) in [6.07, 6.45) is 3.25. The molecule has 0 aliphatic carbocycles. The fourth-order valence-corrected chi connectivity index (χ4v) is 1.91. The Morgan fingerprint density at radius 1 is 1.26 bits per heavy atom. The topological polar surface area (TPSA) is 66.8 Å². The number of carbonyl (C=O) groups excluding carboxylic acids is 1. The Balaban J connectivity index is 1.95. The molecule has 0 saturated heterocycles. The number of amides is 1. The molecule has 0 bridgehead atoms. The second-order valence-electron chi connectivity index (χ2n) is 4.25. The maximum atomic E-state index is 11.9. The van der Waals surface area contributed by atoms with E-state index in [0.717, 1.165) is 5.56 Å². The third kappa shape index (κ3) is 3.34. The number of hydrogen-bond acceptors (Lipinski definition) is 3. The van der Waals surface area contributed by atoms with Crippen LogP contribution in [-0.2, 0) is 16.1 Å². The summed E-state index contributed by atoms with van der Waals surface area (Å²) in [4.78, 5) is 24.2. The number of aliphatic carboxylic acids is 1. The zero-order chi connectivity index (χ0) is 13.7. The number of hydrogen-bond donors (Lipinski definition) is 1. The van der Waals surface area contributed by atoms with E-state index in [1.807, 2.05) is 30.3 Å². The van der Waals surface area contributed by atoms with Crippen LogP contribution in [-0.4, -0.2) is 34.7 Å². The Hall–Kier alpha value is -2.30. The van der Waals surface area contributed by atoms with Crippen molar-refractivity contribution in [2.45, 2.75) is 19.1 Å². The van der Waals surface area contributed by atoms with Crippen molar-refractivity contribution in [3.63, 3.8) is 0 Å². The molecule has 5 heteroatoms. The predicted octanol–water partition coefficient (Wildman–Crippen LogP) is 2.04. The van der Waals surface area contributed by atoms with E-state index in [0.29, 0.717) is 6.42 Å². The number of ether oxygens (including phenoxy) is 1. The number of carbonyl (C=O) groups is 2. The highest BCUT2D eigenvalue weighted by Crippen LogP contribution is 2.14. The van der Waals surface area contributed by atoms with Gasteiger partial charge in [-0.25, -0.2) is 9.59 Å². The van der Waals surface area contributed by atoms with Gasteiger partial charge in [0.2, 0.25) is 0 Å². The Labute approximate surface area is 111 Å². The summed E-state index contributed by atoms with van der Waals surface area (Å²) in [7, 11) is 0. The first kappa shape index (κ1) is 13.1. The van der Waals surface area contributed by atoms with Gasteiger partial charge in [-0.1, -0.05) is 42.5 Å². The van der Waals surface area contributed by atoms with Crippen molar-refractivity contribution in [2.24, 2.45) is 0 Å². The van der Waals surface area contributed by atoms with Crippen molar-refractivity contribution in [1.29, 1.82) is 0 Å². The van der Waals surface area contributed by atoms with Crippen LogP contribution in [0.3, 0.4) is 0 Å². The zero-order valence-corrected chi connectivity index (χ0v) is 10.4. The molecule has 0 radical (unpaired) electrons. The van der Waals surface area contributed by atoms with Gasteiger partial charge in [-0.05, 0) is 12.0 Å². The van der Waals surface area contributed by atoms with Gasteiger partial charge in [0.15, 0.2) is 0 Å². The van der Waals surface area contributed by atoms with Gasteiger partial charge in [-0.15, -0.1) is 0 Å². The molecule has 0 spiro atoms. The summed E-state index contributed by atoms with van der Waals surface area (Å²) in [6.45, 7) is 0.414. The monoisotopic (exact) mass is 261 g/mol. The molecule has 5 nitrogen and oxygen atoms in total. The Kier molecular flexibility index (Phi) is 4.18. The molecule has 1 aromatic carbocycles. The lowest BCUT2D eigenvalue weighted by atomic mass is 10.1. The van der Waals surface area contributed by atoms with Crippen LogP contribution in [0.4, 0.5) is 4.79 Å². The molecular weight excluding hydrogens is 246 g/mol. The SMILES string of the molecule is O=C(O)C1CC=CCN1C(=O)OCc1ccccc1. The van der Waals surface area contributed by atoms with Crippen molar-refractivity contribution >= 4 is 12.1 Å². The number of carboxylic acid groups (broad SMARTS) is 1. The van der Waals surface area contributed by atoms with Crippen LogP contribution in [0, 0.1) is 0 Å². The fourth-order valence-electron chi connectivity index (χ4n) is 1.91. The normalized spacial score (nSPS) is 18.1. The minimum absolute atomic E-state index is 0.145. The van der Waals surface area contributed by atoms with Crippen molar-refractivity contribution in [3.8, 4) is 0 Å². The lowest BCUT2D eigenvalue weighted by Crippen LogP contribution is -2.46. The Morgan fingerprint density at radius 3 is 2.68 bits per heavy atom. The highest BCUT2D eigenvalue weighted by Gasteiger charge is 2.30. The molecule has 1 aliphatic rings. The Morgan fingerprint density at radius 2 is 2.00 bits per heavy atom. The highest BCUT2D eigenvalue weighted by molar-refractivity contribution is 5.80. The van der Waals surface area contributed by atoms with E-state index in [9.17, 15) is 9.59 Å². The van der Waals surface area contributed by atoms with Gasteiger partial charge >= 0.3 is 12.1 Å². The predicted molar refractivity (Wildman–Crippen MR) is 68.5 cm³/mol. The van der Waals surface area contributed by atoms with Crippen LogP contribution >= 0.6 is 0 Å². The third-order valence-electron chi connectivity index (χ3n) is 2.93. The summed E-state index contributed by atoms with van der Waals surface area (Å²) >= 11 is 0. The maximum absolute atomic E-state index is 11.9. The summed E-state index contributed by atoms with van der Waals surface area (Å²) in [5.41, 5.74) is 0.871. The molecule has 1 atom stereocenters. The van der Waals surface area contributed by atoms with Gasteiger partial charge in [0, 0.05) is 6.54 Å². The van der Waals surface area contributed by atoms with Gasteiger partial charge < -0.3 is 9.84 Å². The first-order chi connectivity index (χ1) is 9.18. The molecule has 1 aromatic rings. The summed E-state index contributed by atoms with van der Waals surface area (Å²) in [6, 6.07) is 8.44. The van der Waals surface area contributed by atoms with E-state index in [-0.39, 0.29) is 13.2 Å². The second-order valence-corrected chi connectivity index (χ2v) is 4.25. The molecule has 2 rings (SSSR count).